The van der Waals surface area contributed by atoms with Crippen molar-refractivity contribution in [2.45, 2.75) is 160 Å². The van der Waals surface area contributed by atoms with Crippen LogP contribution in [0.5, 0.6) is 0 Å². The summed E-state index contributed by atoms with van der Waals surface area (Å²) in [5.74, 6) is -0.622. The number of nitrogens with one attached hydrogen (secondary N) is 3. The Labute approximate surface area is 342 Å². The number of aliphatic hydroxyl groups is 2. The van der Waals surface area contributed by atoms with E-state index in [1.54, 1.807) is 0 Å². The van der Waals surface area contributed by atoms with Crippen molar-refractivity contribution in [3.63, 3.8) is 0 Å². The van der Waals surface area contributed by atoms with Gasteiger partial charge in [0.15, 0.2) is 8.03 Å². The Balaban J connectivity index is 0.000000566. The number of amides is 3. The number of carbonyl (C=O) groups is 4. The van der Waals surface area contributed by atoms with Gasteiger partial charge in [0.1, 0.15) is 6.04 Å². The van der Waals surface area contributed by atoms with Gasteiger partial charge in [-0.15, -0.1) is 0 Å². The Morgan fingerprint density at radius 3 is 1.91 bits per heavy atom. The molecule has 0 radical (unpaired) electrons. The van der Waals surface area contributed by atoms with Crippen LogP contribution in [0.4, 0.5) is 0 Å². The van der Waals surface area contributed by atoms with E-state index in [0.717, 1.165) is 57.8 Å². The second kappa shape index (κ2) is 27.6. The molecule has 0 aromatic carbocycles. The molecular formula is C38H76AsN5O10P2. The first-order valence-electron chi connectivity index (χ1n) is 20.7. The summed E-state index contributed by atoms with van der Waals surface area (Å²) in [6.07, 6.45) is 9.43. The molecule has 2 rings (SSSR count). The fourth-order valence-electron chi connectivity index (χ4n) is 7.36. The van der Waals surface area contributed by atoms with Crippen LogP contribution < -0.4 is 27.4 Å². The van der Waals surface area contributed by atoms with Crippen LogP contribution >= 0.6 is 15.4 Å². The first-order chi connectivity index (χ1) is 26.2. The van der Waals surface area contributed by atoms with Crippen LogP contribution in [0, 0.1) is 29.6 Å². The Bertz CT molecular complexity index is 1270. The maximum atomic E-state index is 12.6. The van der Waals surface area contributed by atoms with E-state index in [1.165, 1.54) is 6.42 Å². The van der Waals surface area contributed by atoms with Crippen molar-refractivity contribution in [1.82, 2.24) is 16.0 Å². The summed E-state index contributed by atoms with van der Waals surface area (Å²) < 4.78 is 24.2. The van der Waals surface area contributed by atoms with Crippen LogP contribution in [0.3, 0.4) is 0 Å². The first kappa shape index (κ1) is 52.9. The monoisotopic (exact) mass is 899 g/mol. The third-order valence-electron chi connectivity index (χ3n) is 10.7. The number of aliphatic hydroxyl groups excluding tert-OH is 2. The number of hydrogen-bond acceptors (Lipinski definition) is 10. The average molecular weight is 900 g/mol. The van der Waals surface area contributed by atoms with E-state index >= 15 is 0 Å². The van der Waals surface area contributed by atoms with Gasteiger partial charge in [-0.1, -0.05) is 47.0 Å². The van der Waals surface area contributed by atoms with Gasteiger partial charge in [-0.05, 0) is 43.4 Å². The summed E-state index contributed by atoms with van der Waals surface area (Å²) in [5, 5.41) is 28.8. The van der Waals surface area contributed by atoms with E-state index < -0.39 is 67.1 Å². The summed E-state index contributed by atoms with van der Waals surface area (Å²) in [5.41, 5.74) is 10.7. The second-order valence-electron chi connectivity index (χ2n) is 17.0. The van der Waals surface area contributed by atoms with Gasteiger partial charge in [0.05, 0.1) is 12.1 Å². The molecule has 328 valence electrons. The molecule has 0 aromatic rings. The molecule has 15 nitrogen and oxygen atoms in total. The quantitative estimate of drug-likeness (QED) is 0.0529. The Kier molecular flexibility index (Phi) is 26.0. The van der Waals surface area contributed by atoms with E-state index in [0.29, 0.717) is 6.42 Å². The summed E-state index contributed by atoms with van der Waals surface area (Å²) in [6, 6.07) is -2.03. The zero-order chi connectivity index (χ0) is 42.6. The molecule has 18 heteroatoms. The Morgan fingerprint density at radius 2 is 1.41 bits per heavy atom. The molecule has 2 fully saturated rings. The second-order valence-corrected chi connectivity index (χ2v) is 23.5. The van der Waals surface area contributed by atoms with Crippen LogP contribution in [0.1, 0.15) is 119 Å². The Hall–Kier alpha value is -1.14. The van der Waals surface area contributed by atoms with Crippen LogP contribution in [-0.4, -0.2) is 119 Å². The van der Waals surface area contributed by atoms with Gasteiger partial charge in [0.2, 0.25) is 11.8 Å². The van der Waals surface area contributed by atoms with Crippen molar-refractivity contribution in [2.24, 2.45) is 41.1 Å². The molecular weight excluding hydrogens is 823 g/mol. The summed E-state index contributed by atoms with van der Waals surface area (Å²) >= 11 is -1.19. The SMILES string of the molecule is CC(C)C[C@H](NC(=O)[C@@H](N)C(C)C)C(=O)NC[C@H](O)CC(C1CCCCC1)[PH](=O)O.CC(C)[C@H](NC(=O)CN)C(=O)[AsH]C[C@H](O)CP(=O)(O)CC1CCCCC1. The third-order valence-corrected chi connectivity index (χ3v) is 16.9. The average Bonchev–Trinajstić information content (AvgIpc) is 3.13. The molecule has 2 aliphatic rings. The molecule has 0 aliphatic heterocycles. The predicted molar refractivity (Wildman–Crippen MR) is 224 cm³/mol. The standard InChI is InChI=1S/C21H42N3O5P.C17H34AsN2O5P/c1-13(2)10-17(24-21(27)19(22)14(3)4)20(26)23-12-16(25)11-18(30(28)29)15-8-6-5-7-9-15;1-12(2)16(20-15(22)9-19)17(23)18-8-14(21)11-26(24,25)10-13-6-4-3-5-7-13/h13-19,25,30H,5-12,22H2,1-4H3,(H,23,26)(H,24,27)(H,28,29);12-14,16,18,21H,3-11,19H2,1-2H3,(H,20,22)(H,24,25)/t16-,17+,18?,19+;14-,16-/m10/s1. The molecule has 2 aliphatic carbocycles. The van der Waals surface area contributed by atoms with Gasteiger partial charge in [0, 0.05) is 12.2 Å². The van der Waals surface area contributed by atoms with E-state index in [-0.39, 0.29) is 88.9 Å². The number of carbonyl (C=O) groups excluding carboxylic acids is 4. The van der Waals surface area contributed by atoms with Crippen LogP contribution in [-0.2, 0) is 28.3 Å². The third kappa shape index (κ3) is 21.7. The van der Waals surface area contributed by atoms with Gasteiger partial charge in [-0.25, -0.2) is 0 Å². The fraction of sp³-hybridized carbons (Fsp3) is 0.895. The fourth-order valence-corrected chi connectivity index (χ4v) is 13.7. The molecule has 3 amide bonds. The maximum absolute atomic E-state index is 12.6. The normalized spacial score (nSPS) is 20.6. The van der Waals surface area contributed by atoms with E-state index in [1.807, 2.05) is 41.5 Å². The van der Waals surface area contributed by atoms with Crippen molar-refractivity contribution in [1.29, 1.82) is 0 Å². The van der Waals surface area contributed by atoms with Gasteiger partial charge in [-0.3, -0.25) is 14.2 Å². The number of hydrogen-bond donors (Lipinski definition) is 9. The summed E-state index contributed by atoms with van der Waals surface area (Å²) in [4.78, 5) is 68.7. The van der Waals surface area contributed by atoms with Crippen LogP contribution in [0.25, 0.3) is 0 Å². The van der Waals surface area contributed by atoms with Crippen molar-refractivity contribution in [2.75, 3.05) is 25.4 Å². The zero-order valence-electron chi connectivity index (χ0n) is 34.7. The van der Waals surface area contributed by atoms with Crippen molar-refractivity contribution in [3.05, 3.63) is 0 Å². The number of rotatable bonds is 23. The summed E-state index contributed by atoms with van der Waals surface area (Å²) in [6.45, 7) is 11.1. The van der Waals surface area contributed by atoms with Gasteiger partial charge >= 0.3 is 163 Å². The molecule has 4 unspecified atom stereocenters. The Morgan fingerprint density at radius 1 is 0.839 bits per heavy atom. The predicted octanol–water partition coefficient (Wildman–Crippen LogP) is 2.46. The molecule has 2 saturated carbocycles. The summed E-state index contributed by atoms with van der Waals surface area (Å²) in [7, 11) is -6.14. The van der Waals surface area contributed by atoms with Gasteiger partial charge < -0.3 is 26.4 Å². The van der Waals surface area contributed by atoms with Crippen molar-refractivity contribution < 1.29 is 48.3 Å². The molecule has 0 bridgehead atoms. The topological polar surface area (TPSA) is 271 Å². The first-order valence-corrected chi connectivity index (χ1v) is 26.7. The van der Waals surface area contributed by atoms with E-state index in [9.17, 15) is 48.3 Å². The molecule has 0 saturated heterocycles. The molecule has 56 heavy (non-hydrogen) atoms. The van der Waals surface area contributed by atoms with Crippen molar-refractivity contribution >= 4 is 53.4 Å². The molecule has 9 atom stereocenters. The van der Waals surface area contributed by atoms with Crippen LogP contribution in [0.15, 0.2) is 0 Å². The molecule has 11 N–H and O–H groups in total. The van der Waals surface area contributed by atoms with Crippen molar-refractivity contribution in [3.8, 4) is 0 Å². The molecule has 0 aromatic heterocycles. The minimum atomic E-state index is -3.37. The molecule has 0 heterocycles. The van der Waals surface area contributed by atoms with Gasteiger partial charge in [0.25, 0.3) is 0 Å². The minimum absolute atomic E-state index is 0.0160. The van der Waals surface area contributed by atoms with E-state index in [2.05, 4.69) is 16.0 Å². The zero-order valence-corrected chi connectivity index (χ0v) is 38.7. The van der Waals surface area contributed by atoms with E-state index in [4.69, 9.17) is 11.5 Å². The number of nitrogens with two attached hydrogens (primary N) is 2. The van der Waals surface area contributed by atoms with Crippen LogP contribution in [0.2, 0.25) is 5.21 Å². The molecule has 0 spiro atoms. The van der Waals surface area contributed by atoms with Gasteiger partial charge in [-0.2, -0.15) is 0 Å².